The third kappa shape index (κ3) is 5.30. The van der Waals surface area contributed by atoms with Gasteiger partial charge in [-0.25, -0.2) is 9.38 Å². The van der Waals surface area contributed by atoms with Crippen molar-refractivity contribution in [3.05, 3.63) is 46.2 Å². The van der Waals surface area contributed by atoms with Crippen LogP contribution in [0.1, 0.15) is 25.2 Å². The highest BCUT2D eigenvalue weighted by molar-refractivity contribution is 9.10. The maximum absolute atomic E-state index is 13.3. The van der Waals surface area contributed by atoms with E-state index in [1.807, 2.05) is 11.5 Å². The van der Waals surface area contributed by atoms with E-state index in [2.05, 4.69) is 48.7 Å². The average Bonchev–Trinajstić information content (AvgIpc) is 3.03. The lowest BCUT2D eigenvalue weighted by atomic mass is 10.2. The molecule has 130 valence electrons. The van der Waals surface area contributed by atoms with Crippen molar-refractivity contribution < 1.29 is 4.39 Å². The highest BCUT2D eigenvalue weighted by Crippen LogP contribution is 2.18. The minimum absolute atomic E-state index is 0.263. The topological polar surface area (TPSA) is 67.1 Å². The van der Waals surface area contributed by atoms with Crippen molar-refractivity contribution in [2.75, 3.05) is 13.1 Å². The number of aryl methyl sites for hydroxylation is 1. The molecule has 0 atom stereocenters. The van der Waals surface area contributed by atoms with Crippen molar-refractivity contribution in [3.8, 4) is 0 Å². The lowest BCUT2D eigenvalue weighted by molar-refractivity contribution is 0.624. The number of benzene rings is 1. The summed E-state index contributed by atoms with van der Waals surface area (Å²) in [5, 5.41) is 14.4. The quantitative estimate of drug-likeness (QED) is 0.557. The summed E-state index contributed by atoms with van der Waals surface area (Å²) >= 11 is 3.42. The van der Waals surface area contributed by atoms with Crippen LogP contribution in [0.15, 0.2) is 34.0 Å². The van der Waals surface area contributed by atoms with Gasteiger partial charge < -0.3 is 15.2 Å². The predicted octanol–water partition coefficient (Wildman–Crippen LogP) is 2.50. The Kier molecular flexibility index (Phi) is 7.17. The molecule has 0 bridgehead atoms. The molecule has 0 amide bonds. The Balaban J connectivity index is 1.94. The Morgan fingerprint density at radius 1 is 1.33 bits per heavy atom. The Bertz CT molecular complexity index is 685. The highest BCUT2D eigenvalue weighted by Gasteiger charge is 2.04. The number of nitrogens with one attached hydrogen (secondary N) is 2. The number of aliphatic imine (C=N–C) groups is 1. The molecule has 6 nitrogen and oxygen atoms in total. The number of guanidine groups is 1. The fourth-order valence-electron chi connectivity index (χ4n) is 2.20. The molecule has 1 heterocycles. The Morgan fingerprint density at radius 3 is 2.92 bits per heavy atom. The summed E-state index contributed by atoms with van der Waals surface area (Å²) < 4.78 is 16.2. The van der Waals surface area contributed by atoms with E-state index in [9.17, 15) is 4.39 Å². The second-order valence-corrected chi connectivity index (χ2v) is 6.01. The molecule has 2 aromatic rings. The Labute approximate surface area is 149 Å². The summed E-state index contributed by atoms with van der Waals surface area (Å²) in [5.74, 6) is 1.39. The van der Waals surface area contributed by atoms with Gasteiger partial charge in [0.2, 0.25) is 0 Å². The molecule has 0 saturated carbocycles. The molecular weight excluding hydrogens is 375 g/mol. The first-order valence-corrected chi connectivity index (χ1v) is 8.76. The van der Waals surface area contributed by atoms with E-state index in [-0.39, 0.29) is 5.82 Å². The fraction of sp³-hybridized carbons (Fsp3) is 0.438. The Morgan fingerprint density at radius 2 is 2.17 bits per heavy atom. The SMILES string of the molecule is CCNC(=NCc1cc(F)ccc1Br)NCCn1cnnc1CC. The van der Waals surface area contributed by atoms with E-state index in [0.717, 1.165) is 35.4 Å². The number of rotatable bonds is 7. The molecule has 0 aliphatic rings. The standard InChI is InChI=1S/C16H22BrFN6/c1-3-15-23-22-11-24(15)8-7-20-16(19-4-2)21-10-12-9-13(18)5-6-14(12)17/h5-6,9,11H,3-4,7-8,10H2,1-2H3,(H2,19,20,21). The predicted molar refractivity (Wildman–Crippen MR) is 96.3 cm³/mol. The fourth-order valence-corrected chi connectivity index (χ4v) is 2.58. The second kappa shape index (κ2) is 9.36. The van der Waals surface area contributed by atoms with Crippen LogP contribution in [-0.2, 0) is 19.5 Å². The van der Waals surface area contributed by atoms with E-state index < -0.39 is 0 Å². The first-order chi connectivity index (χ1) is 11.6. The zero-order valence-corrected chi connectivity index (χ0v) is 15.5. The van der Waals surface area contributed by atoms with Crippen molar-refractivity contribution in [1.29, 1.82) is 0 Å². The lowest BCUT2D eigenvalue weighted by Gasteiger charge is -2.12. The number of aromatic nitrogens is 3. The summed E-state index contributed by atoms with van der Waals surface area (Å²) in [6.45, 7) is 6.65. The molecule has 0 aliphatic heterocycles. The van der Waals surface area contributed by atoms with Gasteiger partial charge >= 0.3 is 0 Å². The van der Waals surface area contributed by atoms with Gasteiger partial charge in [0.1, 0.15) is 18.0 Å². The van der Waals surface area contributed by atoms with E-state index in [4.69, 9.17) is 0 Å². The van der Waals surface area contributed by atoms with Crippen molar-refractivity contribution in [2.24, 2.45) is 4.99 Å². The van der Waals surface area contributed by atoms with Crippen LogP contribution in [0.5, 0.6) is 0 Å². The lowest BCUT2D eigenvalue weighted by Crippen LogP contribution is -2.38. The summed E-state index contributed by atoms with van der Waals surface area (Å²) in [7, 11) is 0. The van der Waals surface area contributed by atoms with Crippen LogP contribution in [0.25, 0.3) is 0 Å². The average molecular weight is 397 g/mol. The maximum atomic E-state index is 13.3. The van der Waals surface area contributed by atoms with Crippen LogP contribution in [0.3, 0.4) is 0 Å². The van der Waals surface area contributed by atoms with E-state index in [1.165, 1.54) is 12.1 Å². The molecule has 0 spiro atoms. The van der Waals surface area contributed by atoms with Crippen molar-refractivity contribution in [1.82, 2.24) is 25.4 Å². The van der Waals surface area contributed by atoms with Gasteiger partial charge in [0, 0.05) is 30.5 Å². The zero-order chi connectivity index (χ0) is 17.4. The molecule has 24 heavy (non-hydrogen) atoms. The first kappa shape index (κ1) is 18.4. The molecule has 0 unspecified atom stereocenters. The van der Waals surface area contributed by atoms with Crippen LogP contribution >= 0.6 is 15.9 Å². The highest BCUT2D eigenvalue weighted by atomic mass is 79.9. The summed E-state index contributed by atoms with van der Waals surface area (Å²) in [6.07, 6.45) is 2.58. The molecule has 0 radical (unpaired) electrons. The third-order valence-electron chi connectivity index (χ3n) is 3.42. The van der Waals surface area contributed by atoms with E-state index in [1.54, 1.807) is 12.4 Å². The van der Waals surface area contributed by atoms with Crippen molar-refractivity contribution in [3.63, 3.8) is 0 Å². The van der Waals surface area contributed by atoms with E-state index >= 15 is 0 Å². The number of hydrogen-bond acceptors (Lipinski definition) is 3. The van der Waals surface area contributed by atoms with Gasteiger partial charge in [0.15, 0.2) is 5.96 Å². The van der Waals surface area contributed by atoms with Crippen LogP contribution in [0, 0.1) is 5.82 Å². The molecule has 0 fully saturated rings. The molecular formula is C16H22BrFN6. The largest absolute Gasteiger partial charge is 0.357 e. The molecule has 0 saturated heterocycles. The van der Waals surface area contributed by atoms with Crippen LogP contribution in [0.2, 0.25) is 0 Å². The monoisotopic (exact) mass is 396 g/mol. The normalized spacial score (nSPS) is 11.6. The van der Waals surface area contributed by atoms with Crippen molar-refractivity contribution in [2.45, 2.75) is 33.4 Å². The van der Waals surface area contributed by atoms with Gasteiger partial charge in [-0.3, -0.25) is 0 Å². The smallest absolute Gasteiger partial charge is 0.191 e. The third-order valence-corrected chi connectivity index (χ3v) is 4.19. The summed E-state index contributed by atoms with van der Waals surface area (Å²) in [6, 6.07) is 4.60. The number of nitrogens with zero attached hydrogens (tertiary/aromatic N) is 4. The van der Waals surface area contributed by atoms with Gasteiger partial charge in [-0.1, -0.05) is 22.9 Å². The van der Waals surface area contributed by atoms with Gasteiger partial charge in [0.05, 0.1) is 6.54 Å². The Hall–Kier alpha value is -1.96. The van der Waals surface area contributed by atoms with Crippen molar-refractivity contribution >= 4 is 21.9 Å². The van der Waals surface area contributed by atoms with Crippen LogP contribution in [-0.4, -0.2) is 33.8 Å². The van der Waals surface area contributed by atoms with Gasteiger partial charge in [-0.2, -0.15) is 0 Å². The summed E-state index contributed by atoms with van der Waals surface area (Å²) in [4.78, 5) is 4.50. The number of halogens is 2. The minimum atomic E-state index is -0.263. The first-order valence-electron chi connectivity index (χ1n) is 7.96. The molecule has 2 N–H and O–H groups in total. The minimum Gasteiger partial charge on any atom is -0.357 e. The molecule has 8 heteroatoms. The van der Waals surface area contributed by atoms with Gasteiger partial charge in [-0.15, -0.1) is 10.2 Å². The molecule has 1 aromatic carbocycles. The van der Waals surface area contributed by atoms with Gasteiger partial charge in [0.25, 0.3) is 0 Å². The molecule has 0 aliphatic carbocycles. The molecule has 2 rings (SSSR count). The zero-order valence-electron chi connectivity index (χ0n) is 13.9. The molecule has 1 aromatic heterocycles. The van der Waals surface area contributed by atoms with Crippen LogP contribution in [0.4, 0.5) is 4.39 Å². The van der Waals surface area contributed by atoms with Crippen LogP contribution < -0.4 is 10.6 Å². The van der Waals surface area contributed by atoms with Gasteiger partial charge in [-0.05, 0) is 30.7 Å². The second-order valence-electron chi connectivity index (χ2n) is 5.15. The maximum Gasteiger partial charge on any atom is 0.191 e. The van der Waals surface area contributed by atoms with E-state index in [0.29, 0.717) is 19.0 Å². The number of hydrogen-bond donors (Lipinski definition) is 2. The summed E-state index contributed by atoms with van der Waals surface area (Å²) in [5.41, 5.74) is 0.805.